The van der Waals surface area contributed by atoms with Gasteiger partial charge in [-0.3, -0.25) is 0 Å². The van der Waals surface area contributed by atoms with Crippen LogP contribution in [-0.2, 0) is 4.74 Å². The van der Waals surface area contributed by atoms with Crippen LogP contribution in [0, 0.1) is 27.1 Å². The topological polar surface area (TPSA) is 9.23 Å². The third-order valence-corrected chi connectivity index (χ3v) is 0.836. The van der Waals surface area contributed by atoms with Gasteiger partial charge in [0.1, 0.15) is 0 Å². The summed E-state index contributed by atoms with van der Waals surface area (Å²) in [5, 5.41) is 0. The number of rotatable bonds is 6. The fraction of sp³-hybridized carbons (Fsp3) is 0.500. The van der Waals surface area contributed by atoms with Crippen molar-refractivity contribution in [2.45, 2.75) is 25.7 Å². The second kappa shape index (κ2) is 7.96. The molecule has 0 aliphatic rings. The van der Waals surface area contributed by atoms with Crippen LogP contribution in [0.25, 0.3) is 0 Å². The molecular weight excluding hydrogens is 112 g/mol. The summed E-state index contributed by atoms with van der Waals surface area (Å²) in [5.41, 5.74) is 0. The molecule has 0 aliphatic heterocycles. The molecule has 0 rings (SSSR count). The maximum atomic E-state index is 4.98. The molecule has 9 heavy (non-hydrogen) atoms. The average molecular weight is 126 g/mol. The Balaban J connectivity index is 2.60. The lowest BCUT2D eigenvalue weighted by Gasteiger charge is -1.97. The van der Waals surface area contributed by atoms with E-state index in [1.807, 2.05) is 0 Å². The van der Waals surface area contributed by atoms with Crippen molar-refractivity contribution in [1.82, 2.24) is 0 Å². The Morgan fingerprint density at radius 3 is 1.78 bits per heavy atom. The highest BCUT2D eigenvalue weighted by atomic mass is 16.5. The van der Waals surface area contributed by atoms with Gasteiger partial charge in [0.25, 0.3) is 0 Å². The number of unbranched alkanes of at least 4 members (excludes halogenated alkanes) is 2. The van der Waals surface area contributed by atoms with Crippen LogP contribution in [0.15, 0.2) is 0 Å². The van der Waals surface area contributed by atoms with E-state index in [0.717, 1.165) is 25.7 Å². The van der Waals surface area contributed by atoms with Gasteiger partial charge >= 0.3 is 0 Å². The minimum Gasteiger partial charge on any atom is -0.370 e. The van der Waals surface area contributed by atoms with Gasteiger partial charge in [-0.25, -0.2) is 0 Å². The first-order valence-electron chi connectivity index (χ1n) is 3.29. The van der Waals surface area contributed by atoms with E-state index in [0.29, 0.717) is 0 Å². The summed E-state index contributed by atoms with van der Waals surface area (Å²) in [4.78, 5) is 0. The van der Waals surface area contributed by atoms with E-state index < -0.39 is 0 Å². The number of ether oxygens (including phenoxy) is 1. The predicted octanol–water partition coefficient (Wildman–Crippen LogP) is 2.56. The predicted molar refractivity (Wildman–Crippen MR) is 38.9 cm³/mol. The summed E-state index contributed by atoms with van der Waals surface area (Å²) in [6.45, 7) is 10.9. The summed E-state index contributed by atoms with van der Waals surface area (Å²) in [7, 11) is 0. The molecule has 0 heterocycles. The van der Waals surface area contributed by atoms with Gasteiger partial charge in [0, 0.05) is 0 Å². The molecule has 0 bridgehead atoms. The first kappa shape index (κ1) is 8.96. The third-order valence-electron chi connectivity index (χ3n) is 0.836. The second-order valence-corrected chi connectivity index (χ2v) is 1.75. The van der Waals surface area contributed by atoms with E-state index in [4.69, 9.17) is 4.74 Å². The Bertz CT molecular complexity index is 37.8. The molecule has 4 radical (unpaired) electrons. The lowest BCUT2D eigenvalue weighted by Crippen LogP contribution is -1.83. The van der Waals surface area contributed by atoms with Gasteiger partial charge in [0.15, 0.2) is 0 Å². The molecule has 52 valence electrons. The fourth-order valence-electron chi connectivity index (χ4n) is 0.371. The van der Waals surface area contributed by atoms with E-state index in [2.05, 4.69) is 13.8 Å². The van der Waals surface area contributed by atoms with E-state index in [1.54, 1.807) is 13.2 Å². The zero-order valence-corrected chi connectivity index (χ0v) is 5.81. The maximum absolute atomic E-state index is 4.98. The van der Waals surface area contributed by atoms with Crippen molar-refractivity contribution >= 4 is 0 Å². The summed E-state index contributed by atoms with van der Waals surface area (Å²) < 4.78 is 4.98. The summed E-state index contributed by atoms with van der Waals surface area (Å²) in [5.74, 6) is 0. The van der Waals surface area contributed by atoms with Crippen LogP contribution in [0.3, 0.4) is 0 Å². The van der Waals surface area contributed by atoms with Crippen molar-refractivity contribution in [2.24, 2.45) is 0 Å². The van der Waals surface area contributed by atoms with Crippen molar-refractivity contribution in [2.75, 3.05) is 0 Å². The van der Waals surface area contributed by atoms with Crippen LogP contribution in [0.1, 0.15) is 25.7 Å². The average Bonchev–Trinajstić information content (AvgIpc) is 1.89. The largest absolute Gasteiger partial charge is 0.370 e. The highest BCUT2D eigenvalue weighted by molar-refractivity contribution is 4.58. The quantitative estimate of drug-likeness (QED) is 0.497. The van der Waals surface area contributed by atoms with Gasteiger partial charge < -0.3 is 4.74 Å². The summed E-state index contributed by atoms with van der Waals surface area (Å²) >= 11 is 0. The normalized spacial score (nSPS) is 10.0. The highest BCUT2D eigenvalue weighted by Gasteiger charge is 1.86. The van der Waals surface area contributed by atoms with Crippen molar-refractivity contribution in [3.63, 3.8) is 0 Å². The van der Waals surface area contributed by atoms with Gasteiger partial charge in [-0.1, -0.05) is 26.7 Å². The Labute approximate surface area is 58.4 Å². The number of hydrogen-bond donors (Lipinski definition) is 0. The molecule has 0 aromatic carbocycles. The van der Waals surface area contributed by atoms with Crippen LogP contribution in [0.5, 0.6) is 0 Å². The van der Waals surface area contributed by atoms with Crippen molar-refractivity contribution in [3.8, 4) is 0 Å². The smallest absolute Gasteiger partial charge is 0.0841 e. The standard InChI is InChI=1S/C8H14O/c1-3-5-7-9-8-6-4-2/h7-8H,1-6H2. The van der Waals surface area contributed by atoms with Crippen molar-refractivity contribution in [3.05, 3.63) is 27.1 Å². The zero-order valence-electron chi connectivity index (χ0n) is 5.81. The summed E-state index contributed by atoms with van der Waals surface area (Å²) in [6.07, 6.45) is 3.65. The molecule has 0 saturated heterocycles. The lowest BCUT2D eigenvalue weighted by molar-refractivity contribution is 0.255. The van der Waals surface area contributed by atoms with E-state index >= 15 is 0 Å². The minimum absolute atomic E-state index is 0.901. The fourth-order valence-corrected chi connectivity index (χ4v) is 0.371. The highest BCUT2D eigenvalue weighted by Crippen LogP contribution is 1.99. The van der Waals surface area contributed by atoms with Crippen LogP contribution in [0.2, 0.25) is 0 Å². The molecule has 0 N–H and O–H groups in total. The lowest BCUT2D eigenvalue weighted by atomic mass is 10.3. The Kier molecular flexibility index (Phi) is 7.92. The molecule has 1 nitrogen and oxygen atoms in total. The zero-order chi connectivity index (χ0) is 6.95. The molecule has 0 amide bonds. The van der Waals surface area contributed by atoms with Gasteiger partial charge in [0.05, 0.1) is 13.2 Å². The number of hydrogen-bond acceptors (Lipinski definition) is 1. The molecule has 0 spiro atoms. The van der Waals surface area contributed by atoms with E-state index in [9.17, 15) is 0 Å². The Morgan fingerprint density at radius 1 is 1.00 bits per heavy atom. The van der Waals surface area contributed by atoms with Gasteiger partial charge in [-0.15, -0.1) is 0 Å². The van der Waals surface area contributed by atoms with Gasteiger partial charge in [-0.05, 0) is 12.8 Å². The SMILES string of the molecule is [CH2]CC[CH]O[CH]CC[CH2]. The van der Waals surface area contributed by atoms with Crippen LogP contribution < -0.4 is 0 Å². The molecule has 0 fully saturated rings. The molecular formula is C8H14O. The van der Waals surface area contributed by atoms with Crippen molar-refractivity contribution in [1.29, 1.82) is 0 Å². The Morgan fingerprint density at radius 2 is 1.44 bits per heavy atom. The first-order valence-corrected chi connectivity index (χ1v) is 3.29. The third kappa shape index (κ3) is 7.96. The van der Waals surface area contributed by atoms with Crippen LogP contribution in [-0.4, -0.2) is 0 Å². The molecule has 0 aromatic rings. The van der Waals surface area contributed by atoms with E-state index in [-0.39, 0.29) is 0 Å². The summed E-state index contributed by atoms with van der Waals surface area (Å²) in [6, 6.07) is 0. The second-order valence-electron chi connectivity index (χ2n) is 1.75. The first-order chi connectivity index (χ1) is 4.41. The Hall–Kier alpha value is -0.0400. The van der Waals surface area contributed by atoms with Gasteiger partial charge in [0.2, 0.25) is 0 Å². The van der Waals surface area contributed by atoms with E-state index in [1.165, 1.54) is 0 Å². The maximum Gasteiger partial charge on any atom is 0.0841 e. The monoisotopic (exact) mass is 126 g/mol. The molecule has 0 unspecified atom stereocenters. The molecule has 1 heteroatoms. The van der Waals surface area contributed by atoms with Crippen LogP contribution >= 0.6 is 0 Å². The molecule has 0 aliphatic carbocycles. The molecule has 0 saturated carbocycles. The molecule has 0 aromatic heterocycles. The van der Waals surface area contributed by atoms with Crippen LogP contribution in [0.4, 0.5) is 0 Å². The van der Waals surface area contributed by atoms with Crippen molar-refractivity contribution < 1.29 is 4.74 Å². The van der Waals surface area contributed by atoms with Gasteiger partial charge in [-0.2, -0.15) is 0 Å². The molecule has 0 atom stereocenters. The minimum atomic E-state index is 0.901.